The van der Waals surface area contributed by atoms with Gasteiger partial charge in [0.05, 0.1) is 17.4 Å². The van der Waals surface area contributed by atoms with Crippen LogP contribution in [-0.2, 0) is 6.42 Å². The van der Waals surface area contributed by atoms with Crippen molar-refractivity contribution in [3.63, 3.8) is 0 Å². The Bertz CT molecular complexity index is 1120. The number of aryl methyl sites for hydroxylation is 2. The molecule has 188 valence electrons. The third-order valence-electron chi connectivity index (χ3n) is 5.11. The summed E-state index contributed by atoms with van der Waals surface area (Å²) in [5.74, 6) is -0.0123. The largest absolute Gasteiger partial charge is 0.475 e. The molecule has 2 aromatic rings. The molecule has 0 saturated heterocycles. The van der Waals surface area contributed by atoms with Crippen molar-refractivity contribution in [2.24, 2.45) is 4.99 Å². The van der Waals surface area contributed by atoms with E-state index in [9.17, 15) is 14.6 Å². The Balaban J connectivity index is 2.09. The normalized spacial score (nSPS) is 13.4. The summed E-state index contributed by atoms with van der Waals surface area (Å²) in [6.45, 7) is 16.5. The van der Waals surface area contributed by atoms with E-state index in [1.165, 1.54) is 6.08 Å². The fourth-order valence-corrected chi connectivity index (χ4v) is 3.13. The molecule has 1 aromatic carbocycles. The molecule has 1 aromatic heterocycles. The summed E-state index contributed by atoms with van der Waals surface area (Å²) >= 11 is 0. The lowest BCUT2D eigenvalue weighted by Crippen LogP contribution is -2.28. The molecular weight excluding hydrogens is 445 g/mol. The minimum Gasteiger partial charge on any atom is -0.475 e. The number of aliphatic imine (C=N–C) groups is 1. The predicted octanol–water partition coefficient (Wildman–Crippen LogP) is 5.79. The van der Waals surface area contributed by atoms with Crippen molar-refractivity contribution in [1.82, 2.24) is 10.3 Å². The molecule has 0 fully saturated rings. The zero-order valence-corrected chi connectivity index (χ0v) is 21.2. The molecule has 0 aliphatic carbocycles. The number of pyridine rings is 1. The zero-order chi connectivity index (χ0) is 26.2. The van der Waals surface area contributed by atoms with Gasteiger partial charge in [-0.25, -0.2) is 14.4 Å². The summed E-state index contributed by atoms with van der Waals surface area (Å²) in [6.07, 6.45) is 1.69. The lowest BCUT2D eigenvalue weighted by molar-refractivity contribution is 0.0268. The van der Waals surface area contributed by atoms with Gasteiger partial charge in [0.1, 0.15) is 6.61 Å². The number of ether oxygens (including phenoxy) is 1. The fourth-order valence-electron chi connectivity index (χ4n) is 3.13. The Hall–Kier alpha value is -3.29. The number of hydrogen-bond acceptors (Lipinski definition) is 5. The molecule has 6 nitrogen and oxygen atoms in total. The Morgan fingerprint density at radius 3 is 2.60 bits per heavy atom. The molecule has 7 heteroatoms. The maximum absolute atomic E-state index is 14.6. The van der Waals surface area contributed by atoms with Crippen LogP contribution >= 0.6 is 0 Å². The Morgan fingerprint density at radius 2 is 2.00 bits per heavy atom. The van der Waals surface area contributed by atoms with E-state index < -0.39 is 17.5 Å². The number of rotatable bonds is 11. The van der Waals surface area contributed by atoms with Crippen molar-refractivity contribution in [2.75, 3.05) is 6.61 Å². The van der Waals surface area contributed by atoms with Gasteiger partial charge in [0.25, 0.3) is 0 Å². The van der Waals surface area contributed by atoms with E-state index in [-0.39, 0.29) is 12.4 Å². The number of amidine groups is 1. The van der Waals surface area contributed by atoms with Gasteiger partial charge in [-0.2, -0.15) is 0 Å². The summed E-state index contributed by atoms with van der Waals surface area (Å²) in [4.78, 5) is 8.85. The summed E-state index contributed by atoms with van der Waals surface area (Å²) in [6, 6.07) is 10.7. The highest BCUT2D eigenvalue weighted by Crippen LogP contribution is 2.25. The highest BCUT2D eigenvalue weighted by atomic mass is 19.1. The monoisotopic (exact) mass is 481 g/mol. The maximum Gasteiger partial charge on any atom is 0.213 e. The summed E-state index contributed by atoms with van der Waals surface area (Å²) in [5.41, 5.74) is 3.22. The number of halogens is 1. The molecule has 1 unspecified atom stereocenters. The Labute approximate surface area is 207 Å². The molecule has 3 N–H and O–H groups in total. The fraction of sp³-hybridized carbons (Fsp3) is 0.357. The highest BCUT2D eigenvalue weighted by molar-refractivity contribution is 5.98. The van der Waals surface area contributed by atoms with Gasteiger partial charge < -0.3 is 20.3 Å². The van der Waals surface area contributed by atoms with Crippen LogP contribution in [0.2, 0.25) is 0 Å². The van der Waals surface area contributed by atoms with Crippen LogP contribution in [0.5, 0.6) is 5.88 Å². The minimum absolute atomic E-state index is 0.0460. The van der Waals surface area contributed by atoms with Crippen LogP contribution in [0.4, 0.5) is 10.1 Å². The summed E-state index contributed by atoms with van der Waals surface area (Å²) < 4.78 is 20.1. The van der Waals surface area contributed by atoms with Crippen molar-refractivity contribution in [3.8, 4) is 5.88 Å². The lowest BCUT2D eigenvalue weighted by atomic mass is 10.0. The molecule has 2 rings (SSSR count). The number of nitrogens with zero attached hydrogens (tertiary/aromatic N) is 2. The van der Waals surface area contributed by atoms with Gasteiger partial charge in [0.2, 0.25) is 5.88 Å². The third kappa shape index (κ3) is 9.11. The van der Waals surface area contributed by atoms with Gasteiger partial charge >= 0.3 is 0 Å². The topological polar surface area (TPSA) is 87.0 Å². The molecule has 0 saturated carbocycles. The molecule has 1 heterocycles. The van der Waals surface area contributed by atoms with E-state index in [4.69, 9.17) is 4.74 Å². The van der Waals surface area contributed by atoms with Crippen LogP contribution in [0.3, 0.4) is 0 Å². The van der Waals surface area contributed by atoms with Gasteiger partial charge in [0.15, 0.2) is 11.7 Å². The average Bonchev–Trinajstić information content (AvgIpc) is 2.80. The first-order valence-electron chi connectivity index (χ1n) is 11.5. The van der Waals surface area contributed by atoms with Gasteiger partial charge in [-0.3, -0.25) is 0 Å². The van der Waals surface area contributed by atoms with Crippen LogP contribution in [0.25, 0.3) is 0 Å². The van der Waals surface area contributed by atoms with Crippen LogP contribution < -0.4 is 10.1 Å². The van der Waals surface area contributed by atoms with Gasteiger partial charge in [-0.05, 0) is 82.4 Å². The van der Waals surface area contributed by atoms with Crippen molar-refractivity contribution in [2.45, 2.75) is 59.2 Å². The van der Waals surface area contributed by atoms with E-state index in [1.54, 1.807) is 58.0 Å². The molecule has 1 atom stereocenters. The predicted molar refractivity (Wildman–Crippen MR) is 140 cm³/mol. The Morgan fingerprint density at radius 1 is 1.29 bits per heavy atom. The second kappa shape index (κ2) is 12.4. The first-order valence-corrected chi connectivity index (χ1v) is 11.5. The molecule has 0 amide bonds. The number of nitrogens with one attached hydrogen (secondary N) is 1. The number of hydrogen-bond donors (Lipinski definition) is 3. The number of aliphatic hydroxyl groups is 2. The first kappa shape index (κ1) is 28.0. The maximum atomic E-state index is 14.6. The van der Waals surface area contributed by atoms with Gasteiger partial charge in [0, 0.05) is 17.5 Å². The van der Waals surface area contributed by atoms with E-state index in [0.29, 0.717) is 41.2 Å². The van der Waals surface area contributed by atoms with Crippen molar-refractivity contribution >= 4 is 11.5 Å². The van der Waals surface area contributed by atoms with Crippen molar-refractivity contribution in [3.05, 3.63) is 89.5 Å². The van der Waals surface area contributed by atoms with Gasteiger partial charge in [-0.1, -0.05) is 31.4 Å². The lowest BCUT2D eigenvalue weighted by Gasteiger charge is -2.18. The molecule has 35 heavy (non-hydrogen) atoms. The average molecular weight is 482 g/mol. The smallest absolute Gasteiger partial charge is 0.213 e. The third-order valence-corrected chi connectivity index (χ3v) is 5.11. The second-order valence-corrected chi connectivity index (χ2v) is 9.16. The quantitative estimate of drug-likeness (QED) is 0.215. The van der Waals surface area contributed by atoms with Crippen LogP contribution in [0.15, 0.2) is 77.7 Å². The standard InChI is InChI=1S/C28H36FN3O3/c1-8-24(29)27(32-23-11-9-10-22(16-23)26(33)18(2)3)30-19(4)12-13-21-14-15-25(31-20(21)5)35-17-28(6,7)34/h8-11,14-16,26,33-34H,2,4,12-13,17H2,1,3,5-7H3,(H,30,32)/b24-8+. The van der Waals surface area contributed by atoms with E-state index in [0.717, 1.165) is 11.3 Å². The van der Waals surface area contributed by atoms with E-state index in [2.05, 4.69) is 28.5 Å². The SMILES string of the molecule is C=C(CCc1ccc(OCC(C)(C)O)nc1C)NC(=Nc1cccc(C(O)C(=C)C)c1)/C(F)=C\C. The van der Waals surface area contributed by atoms with Crippen molar-refractivity contribution in [1.29, 1.82) is 0 Å². The Kier molecular flexibility index (Phi) is 9.92. The van der Waals surface area contributed by atoms with Crippen molar-refractivity contribution < 1.29 is 19.3 Å². The molecule has 0 radical (unpaired) electrons. The van der Waals surface area contributed by atoms with Gasteiger partial charge in [-0.15, -0.1) is 0 Å². The van der Waals surface area contributed by atoms with E-state index >= 15 is 0 Å². The van der Waals surface area contributed by atoms with E-state index in [1.807, 2.05) is 13.0 Å². The first-order chi connectivity index (χ1) is 16.4. The second-order valence-electron chi connectivity index (χ2n) is 9.16. The number of benzene rings is 1. The number of aliphatic hydroxyl groups excluding tert-OH is 1. The molecule has 0 bridgehead atoms. The zero-order valence-electron chi connectivity index (χ0n) is 21.2. The summed E-state index contributed by atoms with van der Waals surface area (Å²) in [5, 5.41) is 23.0. The van der Waals surface area contributed by atoms with Crippen LogP contribution in [0, 0.1) is 6.92 Å². The number of aromatic nitrogens is 1. The molecular formula is C28H36FN3O3. The number of allylic oxidation sites excluding steroid dienone is 2. The highest BCUT2D eigenvalue weighted by Gasteiger charge is 2.15. The van der Waals surface area contributed by atoms with Crippen LogP contribution in [0.1, 0.15) is 57.0 Å². The van der Waals surface area contributed by atoms with Crippen LogP contribution in [-0.4, -0.2) is 33.2 Å². The minimum atomic E-state index is -0.940. The molecule has 0 spiro atoms. The summed E-state index contributed by atoms with van der Waals surface area (Å²) in [7, 11) is 0. The molecule has 0 aliphatic heterocycles. The molecule has 0 aliphatic rings.